The molecular weight excluding hydrogens is 154 g/mol. The van der Waals surface area contributed by atoms with Crippen molar-refractivity contribution in [1.82, 2.24) is 14.9 Å². The van der Waals surface area contributed by atoms with Crippen molar-refractivity contribution >= 4 is 0 Å². The molecule has 2 N–H and O–H groups in total. The van der Waals surface area contributed by atoms with E-state index < -0.39 is 0 Å². The number of nitrogens with one attached hydrogen (secondary N) is 2. The first-order chi connectivity index (χ1) is 5.74. The van der Waals surface area contributed by atoms with Crippen molar-refractivity contribution in [3.63, 3.8) is 0 Å². The van der Waals surface area contributed by atoms with Gasteiger partial charge in [0, 0.05) is 18.9 Å². The van der Waals surface area contributed by atoms with Crippen LogP contribution >= 0.6 is 0 Å². The molecular formula is C8H15N3O. The minimum absolute atomic E-state index is 0.0297. The molecule has 0 radical (unpaired) electrons. The van der Waals surface area contributed by atoms with Gasteiger partial charge in [-0.2, -0.15) is 0 Å². The molecule has 0 fully saturated rings. The average Bonchev–Trinajstić information content (AvgIpc) is 2.37. The van der Waals surface area contributed by atoms with E-state index in [1.165, 1.54) is 0 Å². The normalized spacial score (nSPS) is 13.2. The summed E-state index contributed by atoms with van der Waals surface area (Å²) >= 11 is 0. The summed E-state index contributed by atoms with van der Waals surface area (Å²) in [6, 6.07) is 0. The van der Waals surface area contributed by atoms with E-state index in [9.17, 15) is 4.79 Å². The van der Waals surface area contributed by atoms with Gasteiger partial charge in [0.15, 0.2) is 0 Å². The van der Waals surface area contributed by atoms with Crippen LogP contribution in [0, 0.1) is 5.92 Å². The van der Waals surface area contributed by atoms with Crippen LogP contribution in [0.1, 0.15) is 6.92 Å². The van der Waals surface area contributed by atoms with E-state index in [0.717, 1.165) is 13.1 Å². The fourth-order valence-corrected chi connectivity index (χ4v) is 1.24. The minimum Gasteiger partial charge on any atom is -0.319 e. The Bertz CT molecular complexity index is 276. The minimum atomic E-state index is -0.0297. The standard InChI is InChI=1S/C8H15N3O/c1-7(5-9-2)6-11-4-3-10-8(11)12/h3-4,7,9H,5-6H2,1-2H3,(H,10,12). The van der Waals surface area contributed by atoms with Crippen molar-refractivity contribution in [3.05, 3.63) is 22.9 Å². The van der Waals surface area contributed by atoms with Crippen LogP contribution in [0.4, 0.5) is 0 Å². The smallest absolute Gasteiger partial charge is 0.319 e. The molecule has 1 unspecified atom stereocenters. The van der Waals surface area contributed by atoms with Crippen LogP contribution in [-0.4, -0.2) is 23.1 Å². The number of hydrogen-bond acceptors (Lipinski definition) is 2. The molecule has 0 bridgehead atoms. The molecule has 0 amide bonds. The second kappa shape index (κ2) is 4.11. The van der Waals surface area contributed by atoms with Crippen LogP contribution in [0.3, 0.4) is 0 Å². The molecule has 0 aliphatic carbocycles. The molecule has 1 atom stereocenters. The van der Waals surface area contributed by atoms with Crippen molar-refractivity contribution in [2.45, 2.75) is 13.5 Å². The van der Waals surface area contributed by atoms with E-state index in [4.69, 9.17) is 0 Å². The van der Waals surface area contributed by atoms with Gasteiger partial charge in [-0.3, -0.25) is 4.57 Å². The maximum atomic E-state index is 11.0. The topological polar surface area (TPSA) is 49.8 Å². The third kappa shape index (κ3) is 2.23. The maximum Gasteiger partial charge on any atom is 0.325 e. The fourth-order valence-electron chi connectivity index (χ4n) is 1.24. The van der Waals surface area contributed by atoms with E-state index in [2.05, 4.69) is 17.2 Å². The number of H-pyrrole nitrogens is 1. The van der Waals surface area contributed by atoms with Crippen molar-refractivity contribution < 1.29 is 0 Å². The highest BCUT2D eigenvalue weighted by Crippen LogP contribution is 1.95. The quantitative estimate of drug-likeness (QED) is 0.668. The number of imidazole rings is 1. The molecule has 4 nitrogen and oxygen atoms in total. The third-order valence-corrected chi connectivity index (χ3v) is 1.78. The monoisotopic (exact) mass is 169 g/mol. The molecule has 12 heavy (non-hydrogen) atoms. The Labute approximate surface area is 71.6 Å². The van der Waals surface area contributed by atoms with Gasteiger partial charge in [0.2, 0.25) is 0 Å². The van der Waals surface area contributed by atoms with E-state index in [-0.39, 0.29) is 5.69 Å². The molecule has 0 spiro atoms. The maximum absolute atomic E-state index is 11.0. The first-order valence-electron chi connectivity index (χ1n) is 4.12. The van der Waals surface area contributed by atoms with Gasteiger partial charge < -0.3 is 10.3 Å². The van der Waals surface area contributed by atoms with Crippen molar-refractivity contribution in [3.8, 4) is 0 Å². The Balaban J connectivity index is 2.52. The van der Waals surface area contributed by atoms with E-state index in [1.807, 2.05) is 7.05 Å². The van der Waals surface area contributed by atoms with Gasteiger partial charge in [-0.05, 0) is 19.5 Å². The van der Waals surface area contributed by atoms with Gasteiger partial charge in [0.1, 0.15) is 0 Å². The van der Waals surface area contributed by atoms with Gasteiger partial charge in [-0.25, -0.2) is 4.79 Å². The zero-order valence-electron chi connectivity index (χ0n) is 7.50. The number of nitrogens with zero attached hydrogens (tertiary/aromatic N) is 1. The van der Waals surface area contributed by atoms with Crippen molar-refractivity contribution in [2.75, 3.05) is 13.6 Å². The SMILES string of the molecule is CNCC(C)Cn1cc[nH]c1=O. The van der Waals surface area contributed by atoms with Gasteiger partial charge >= 0.3 is 5.69 Å². The molecule has 4 heteroatoms. The zero-order chi connectivity index (χ0) is 8.97. The lowest BCUT2D eigenvalue weighted by Gasteiger charge is -2.09. The van der Waals surface area contributed by atoms with Gasteiger partial charge in [0.05, 0.1) is 0 Å². The summed E-state index contributed by atoms with van der Waals surface area (Å²) in [4.78, 5) is 13.6. The number of aromatic nitrogens is 2. The first-order valence-corrected chi connectivity index (χ1v) is 4.12. The molecule has 1 heterocycles. The molecule has 0 aliphatic rings. The lowest BCUT2D eigenvalue weighted by atomic mass is 10.2. The molecule has 0 aromatic carbocycles. The highest BCUT2D eigenvalue weighted by molar-refractivity contribution is 4.76. The van der Waals surface area contributed by atoms with Crippen LogP contribution < -0.4 is 11.0 Å². The van der Waals surface area contributed by atoms with Gasteiger partial charge in [-0.15, -0.1) is 0 Å². The average molecular weight is 169 g/mol. The second-order valence-electron chi connectivity index (χ2n) is 3.08. The fraction of sp³-hybridized carbons (Fsp3) is 0.625. The van der Waals surface area contributed by atoms with Gasteiger partial charge in [0.25, 0.3) is 0 Å². The number of aromatic amines is 1. The summed E-state index contributed by atoms with van der Waals surface area (Å²) in [6.45, 7) is 3.80. The van der Waals surface area contributed by atoms with Crippen molar-refractivity contribution in [2.24, 2.45) is 5.92 Å². The summed E-state index contributed by atoms with van der Waals surface area (Å²) < 4.78 is 1.68. The highest BCUT2D eigenvalue weighted by atomic mass is 16.1. The van der Waals surface area contributed by atoms with E-state index in [0.29, 0.717) is 5.92 Å². The van der Waals surface area contributed by atoms with Gasteiger partial charge in [-0.1, -0.05) is 6.92 Å². The third-order valence-electron chi connectivity index (χ3n) is 1.78. The molecule has 0 saturated heterocycles. The van der Waals surface area contributed by atoms with Crippen LogP contribution in [-0.2, 0) is 6.54 Å². The summed E-state index contributed by atoms with van der Waals surface area (Å²) in [5.74, 6) is 0.475. The summed E-state index contributed by atoms with van der Waals surface area (Å²) in [5, 5.41) is 3.07. The molecule has 1 rings (SSSR count). The Hall–Kier alpha value is -1.03. The van der Waals surface area contributed by atoms with Crippen molar-refractivity contribution in [1.29, 1.82) is 0 Å². The molecule has 1 aromatic heterocycles. The van der Waals surface area contributed by atoms with E-state index >= 15 is 0 Å². The summed E-state index contributed by atoms with van der Waals surface area (Å²) in [6.07, 6.45) is 3.43. The zero-order valence-corrected chi connectivity index (χ0v) is 7.50. The Kier molecular flexibility index (Phi) is 3.10. The van der Waals surface area contributed by atoms with Crippen LogP contribution in [0.2, 0.25) is 0 Å². The summed E-state index contributed by atoms with van der Waals surface area (Å²) in [7, 11) is 1.91. The largest absolute Gasteiger partial charge is 0.325 e. The molecule has 0 saturated carbocycles. The van der Waals surface area contributed by atoms with Crippen LogP contribution in [0.15, 0.2) is 17.2 Å². The van der Waals surface area contributed by atoms with E-state index in [1.54, 1.807) is 17.0 Å². The predicted octanol–water partition coefficient (Wildman–Crippen LogP) is 0.0319. The van der Waals surface area contributed by atoms with Crippen LogP contribution in [0.25, 0.3) is 0 Å². The lowest BCUT2D eigenvalue weighted by Crippen LogP contribution is -2.25. The first kappa shape index (κ1) is 9.06. The number of rotatable bonds is 4. The second-order valence-corrected chi connectivity index (χ2v) is 3.08. The Morgan fingerprint density at radius 2 is 2.50 bits per heavy atom. The predicted molar refractivity (Wildman–Crippen MR) is 48.1 cm³/mol. The Morgan fingerprint density at radius 3 is 3.00 bits per heavy atom. The molecule has 0 aliphatic heterocycles. The lowest BCUT2D eigenvalue weighted by molar-refractivity contribution is 0.455. The molecule has 1 aromatic rings. The molecule has 68 valence electrons. The Morgan fingerprint density at radius 1 is 1.75 bits per heavy atom. The highest BCUT2D eigenvalue weighted by Gasteiger charge is 2.02. The summed E-state index contributed by atoms with van der Waals surface area (Å²) in [5.41, 5.74) is -0.0297. The van der Waals surface area contributed by atoms with Crippen LogP contribution in [0.5, 0.6) is 0 Å². The number of hydrogen-bond donors (Lipinski definition) is 2.